The van der Waals surface area contributed by atoms with Crippen LogP contribution in [0.5, 0.6) is 11.6 Å². The number of benzene rings is 1. The minimum atomic E-state index is -1.18. The highest BCUT2D eigenvalue weighted by atomic mass is 16.5. The monoisotopic (exact) mass is 216 g/mol. The van der Waals surface area contributed by atoms with Gasteiger partial charge in [-0.05, 0) is 12.1 Å². The molecule has 5 heteroatoms. The van der Waals surface area contributed by atoms with E-state index >= 15 is 0 Å². The molecule has 1 heterocycles. The van der Waals surface area contributed by atoms with Crippen LogP contribution in [0.1, 0.15) is 10.6 Å². The summed E-state index contributed by atoms with van der Waals surface area (Å²) in [5, 5.41) is 8.69. The van der Waals surface area contributed by atoms with Gasteiger partial charge >= 0.3 is 5.97 Å². The molecule has 0 aliphatic heterocycles. The first-order chi connectivity index (χ1) is 7.75. The topological polar surface area (TPSA) is 72.3 Å². The van der Waals surface area contributed by atoms with Crippen LogP contribution in [0, 0.1) is 0 Å². The second-order valence-electron chi connectivity index (χ2n) is 2.94. The predicted octanol–water partition coefficient (Wildman–Crippen LogP) is 1.97. The summed E-state index contributed by atoms with van der Waals surface area (Å²) in [5.41, 5.74) is 0. The van der Waals surface area contributed by atoms with E-state index in [0.717, 1.165) is 0 Å². The average Bonchev–Trinajstić information content (AvgIpc) is 2.30. The van der Waals surface area contributed by atoms with Crippen LogP contribution in [0.15, 0.2) is 42.6 Å². The van der Waals surface area contributed by atoms with Gasteiger partial charge in [0.2, 0.25) is 11.7 Å². The van der Waals surface area contributed by atoms with Gasteiger partial charge in [-0.1, -0.05) is 18.2 Å². The molecule has 0 saturated carbocycles. The molecule has 0 unspecified atom stereocenters. The molecule has 0 radical (unpaired) electrons. The Hall–Kier alpha value is -2.43. The van der Waals surface area contributed by atoms with Crippen molar-refractivity contribution in [3.8, 4) is 11.6 Å². The molecule has 0 amide bonds. The SMILES string of the molecule is O=C(O)c1nccc(Oc2ccccc2)n1. The quantitative estimate of drug-likeness (QED) is 0.849. The molecule has 0 aliphatic carbocycles. The first-order valence-electron chi connectivity index (χ1n) is 4.55. The molecule has 1 N–H and O–H groups in total. The second kappa shape index (κ2) is 4.39. The molecule has 80 valence electrons. The molecule has 1 aromatic carbocycles. The third kappa shape index (κ3) is 2.33. The molecule has 0 saturated heterocycles. The number of carbonyl (C=O) groups is 1. The lowest BCUT2D eigenvalue weighted by Crippen LogP contribution is -2.04. The van der Waals surface area contributed by atoms with Gasteiger partial charge in [-0.2, -0.15) is 4.98 Å². The molecule has 0 atom stereocenters. The summed E-state index contributed by atoms with van der Waals surface area (Å²) in [4.78, 5) is 17.9. The van der Waals surface area contributed by atoms with E-state index in [0.29, 0.717) is 5.75 Å². The Balaban J connectivity index is 2.22. The number of aromatic carboxylic acids is 1. The number of hydrogen-bond donors (Lipinski definition) is 1. The van der Waals surface area contributed by atoms with Crippen LogP contribution in [-0.4, -0.2) is 21.0 Å². The molecule has 5 nitrogen and oxygen atoms in total. The lowest BCUT2D eigenvalue weighted by Gasteiger charge is -2.03. The van der Waals surface area contributed by atoms with Crippen LogP contribution in [0.2, 0.25) is 0 Å². The molecule has 0 bridgehead atoms. The average molecular weight is 216 g/mol. The highest BCUT2D eigenvalue weighted by Crippen LogP contribution is 2.17. The Kier molecular flexibility index (Phi) is 2.77. The molecule has 2 rings (SSSR count). The van der Waals surface area contributed by atoms with Gasteiger partial charge in [0.15, 0.2) is 0 Å². The van der Waals surface area contributed by atoms with Gasteiger partial charge in [-0.15, -0.1) is 0 Å². The normalized spacial score (nSPS) is 9.75. The van der Waals surface area contributed by atoms with Crippen LogP contribution < -0.4 is 4.74 Å². The maximum atomic E-state index is 10.6. The maximum Gasteiger partial charge on any atom is 0.374 e. The van der Waals surface area contributed by atoms with Gasteiger partial charge in [0, 0.05) is 12.3 Å². The summed E-state index contributed by atoms with van der Waals surface area (Å²) < 4.78 is 5.35. The third-order valence-electron chi connectivity index (χ3n) is 1.79. The lowest BCUT2D eigenvalue weighted by atomic mass is 10.3. The van der Waals surface area contributed by atoms with Crippen molar-refractivity contribution in [2.45, 2.75) is 0 Å². The van der Waals surface area contributed by atoms with Gasteiger partial charge < -0.3 is 9.84 Å². The van der Waals surface area contributed by atoms with E-state index in [1.165, 1.54) is 12.3 Å². The van der Waals surface area contributed by atoms with E-state index in [1.807, 2.05) is 18.2 Å². The number of ether oxygens (including phenoxy) is 1. The zero-order valence-electron chi connectivity index (χ0n) is 8.20. The number of nitrogens with zero attached hydrogens (tertiary/aromatic N) is 2. The first-order valence-corrected chi connectivity index (χ1v) is 4.55. The zero-order valence-corrected chi connectivity index (χ0v) is 8.20. The van der Waals surface area contributed by atoms with E-state index in [2.05, 4.69) is 9.97 Å². The molecule has 2 aromatic rings. The summed E-state index contributed by atoms with van der Waals surface area (Å²) in [5.74, 6) is -0.664. The van der Waals surface area contributed by atoms with Crippen LogP contribution >= 0.6 is 0 Å². The van der Waals surface area contributed by atoms with Crippen LogP contribution in [0.3, 0.4) is 0 Å². The smallest absolute Gasteiger partial charge is 0.374 e. The number of carboxylic acid groups (broad SMARTS) is 1. The van der Waals surface area contributed by atoms with Gasteiger partial charge in [-0.25, -0.2) is 9.78 Å². The summed E-state index contributed by atoms with van der Waals surface area (Å²) >= 11 is 0. The number of rotatable bonds is 3. The fourth-order valence-corrected chi connectivity index (χ4v) is 1.11. The summed E-state index contributed by atoms with van der Waals surface area (Å²) in [6, 6.07) is 10.5. The van der Waals surface area contributed by atoms with Crippen molar-refractivity contribution in [3.05, 3.63) is 48.4 Å². The fourth-order valence-electron chi connectivity index (χ4n) is 1.11. The molecule has 0 fully saturated rings. The largest absolute Gasteiger partial charge is 0.475 e. The van der Waals surface area contributed by atoms with Gasteiger partial charge in [0.05, 0.1) is 0 Å². The predicted molar refractivity (Wildman–Crippen MR) is 55.5 cm³/mol. The highest BCUT2D eigenvalue weighted by Gasteiger charge is 2.07. The lowest BCUT2D eigenvalue weighted by molar-refractivity contribution is 0.0682. The van der Waals surface area contributed by atoms with E-state index in [9.17, 15) is 4.79 Å². The van der Waals surface area contributed by atoms with E-state index in [-0.39, 0.29) is 11.7 Å². The number of carboxylic acids is 1. The summed E-state index contributed by atoms with van der Waals surface area (Å²) in [7, 11) is 0. The van der Waals surface area contributed by atoms with Crippen molar-refractivity contribution in [2.24, 2.45) is 0 Å². The van der Waals surface area contributed by atoms with Crippen molar-refractivity contribution in [3.63, 3.8) is 0 Å². The van der Waals surface area contributed by atoms with Gasteiger partial charge in [0.25, 0.3) is 0 Å². The maximum absolute atomic E-state index is 10.6. The van der Waals surface area contributed by atoms with Crippen molar-refractivity contribution in [1.29, 1.82) is 0 Å². The molecule has 16 heavy (non-hydrogen) atoms. The van der Waals surface area contributed by atoms with Crippen molar-refractivity contribution < 1.29 is 14.6 Å². The van der Waals surface area contributed by atoms with Crippen molar-refractivity contribution in [2.75, 3.05) is 0 Å². The molecular weight excluding hydrogens is 208 g/mol. The summed E-state index contributed by atoms with van der Waals surface area (Å²) in [6.07, 6.45) is 1.34. The number of hydrogen-bond acceptors (Lipinski definition) is 4. The molecule has 0 aliphatic rings. The van der Waals surface area contributed by atoms with Crippen LogP contribution in [0.4, 0.5) is 0 Å². The Morgan fingerprint density at radius 1 is 1.19 bits per heavy atom. The summed E-state index contributed by atoms with van der Waals surface area (Å²) in [6.45, 7) is 0. The third-order valence-corrected chi connectivity index (χ3v) is 1.79. The molecular formula is C11H8N2O3. The van der Waals surface area contributed by atoms with E-state index in [4.69, 9.17) is 9.84 Å². The second-order valence-corrected chi connectivity index (χ2v) is 2.94. The van der Waals surface area contributed by atoms with Crippen LogP contribution in [-0.2, 0) is 0 Å². The minimum absolute atomic E-state index is 0.207. The number of para-hydroxylation sites is 1. The van der Waals surface area contributed by atoms with Crippen LogP contribution in [0.25, 0.3) is 0 Å². The Morgan fingerprint density at radius 3 is 2.62 bits per heavy atom. The highest BCUT2D eigenvalue weighted by molar-refractivity contribution is 5.83. The Morgan fingerprint density at radius 2 is 1.94 bits per heavy atom. The van der Waals surface area contributed by atoms with E-state index < -0.39 is 5.97 Å². The Labute approximate surface area is 91.4 Å². The van der Waals surface area contributed by atoms with E-state index in [1.54, 1.807) is 12.1 Å². The first kappa shape index (κ1) is 10.1. The van der Waals surface area contributed by atoms with Gasteiger partial charge in [-0.3, -0.25) is 0 Å². The standard InChI is InChI=1S/C11H8N2O3/c14-11(15)10-12-7-6-9(13-10)16-8-4-2-1-3-5-8/h1-7H,(H,14,15). The zero-order chi connectivity index (χ0) is 11.4. The molecule has 0 spiro atoms. The Bertz CT molecular complexity index is 500. The molecule has 1 aromatic heterocycles. The minimum Gasteiger partial charge on any atom is -0.475 e. The van der Waals surface area contributed by atoms with Crippen molar-refractivity contribution in [1.82, 2.24) is 9.97 Å². The van der Waals surface area contributed by atoms with Gasteiger partial charge in [0.1, 0.15) is 5.75 Å². The van der Waals surface area contributed by atoms with Crippen molar-refractivity contribution >= 4 is 5.97 Å². The number of aromatic nitrogens is 2. The fraction of sp³-hybridized carbons (Fsp3) is 0.